The minimum absolute atomic E-state index is 0. The molecule has 16 heavy (non-hydrogen) atoms. The van der Waals surface area contributed by atoms with E-state index in [2.05, 4.69) is 64.5 Å². The third kappa shape index (κ3) is 1.88. The minimum atomic E-state index is 0. The van der Waals surface area contributed by atoms with Crippen molar-refractivity contribution in [3.8, 4) is 10.6 Å². The zero-order valence-corrected chi connectivity index (χ0v) is 10.9. The van der Waals surface area contributed by atoms with Gasteiger partial charge in [0, 0.05) is 24.3 Å². The standard InChI is InChI=1S/C13H10NS.BrH/c1-2-9-14-11(5-1)6-3-7-12(14)13-8-4-10-15-13;/h1-10H;1H/q+1;/p-1. The highest BCUT2D eigenvalue weighted by molar-refractivity contribution is 7.13. The van der Waals surface area contributed by atoms with Crippen molar-refractivity contribution < 1.29 is 21.4 Å². The second-order valence-electron chi connectivity index (χ2n) is 3.38. The second-order valence-corrected chi connectivity index (χ2v) is 4.33. The van der Waals surface area contributed by atoms with Crippen LogP contribution >= 0.6 is 11.3 Å². The largest absolute Gasteiger partial charge is 1.00 e. The first-order chi connectivity index (χ1) is 7.45. The Hall–Kier alpha value is -1.19. The van der Waals surface area contributed by atoms with E-state index in [0.29, 0.717) is 0 Å². The lowest BCUT2D eigenvalue weighted by molar-refractivity contribution is -0.499. The van der Waals surface area contributed by atoms with Crippen LogP contribution in [-0.2, 0) is 0 Å². The van der Waals surface area contributed by atoms with Gasteiger partial charge in [0.25, 0.3) is 0 Å². The molecule has 0 atom stereocenters. The van der Waals surface area contributed by atoms with Gasteiger partial charge in [-0.2, -0.15) is 4.40 Å². The number of nitrogens with zero attached hydrogens (tertiary/aromatic N) is 1. The molecule has 0 fully saturated rings. The molecule has 3 rings (SSSR count). The van der Waals surface area contributed by atoms with E-state index in [0.717, 1.165) is 0 Å². The van der Waals surface area contributed by atoms with E-state index in [1.54, 1.807) is 11.3 Å². The molecule has 0 saturated heterocycles. The third-order valence-corrected chi connectivity index (χ3v) is 3.34. The predicted octanol–water partition coefficient (Wildman–Crippen LogP) is 0.158. The van der Waals surface area contributed by atoms with E-state index in [-0.39, 0.29) is 17.0 Å². The van der Waals surface area contributed by atoms with Crippen LogP contribution in [0, 0.1) is 0 Å². The highest BCUT2D eigenvalue weighted by atomic mass is 79.9. The van der Waals surface area contributed by atoms with Crippen molar-refractivity contribution in [3.63, 3.8) is 0 Å². The summed E-state index contributed by atoms with van der Waals surface area (Å²) < 4.78 is 2.21. The fourth-order valence-corrected chi connectivity index (χ4v) is 2.50. The molecule has 0 aliphatic heterocycles. The van der Waals surface area contributed by atoms with Crippen LogP contribution < -0.4 is 21.4 Å². The summed E-state index contributed by atoms with van der Waals surface area (Å²) in [6.07, 6.45) is 2.10. The summed E-state index contributed by atoms with van der Waals surface area (Å²) in [5.74, 6) is 0. The van der Waals surface area contributed by atoms with Crippen LogP contribution in [-0.4, -0.2) is 0 Å². The van der Waals surface area contributed by atoms with Gasteiger partial charge in [0.15, 0.2) is 6.20 Å². The number of pyridine rings is 2. The zero-order chi connectivity index (χ0) is 10.1. The minimum Gasteiger partial charge on any atom is -1.00 e. The lowest BCUT2D eigenvalue weighted by Gasteiger charge is -1.95. The van der Waals surface area contributed by atoms with Crippen molar-refractivity contribution >= 4 is 16.9 Å². The van der Waals surface area contributed by atoms with Crippen molar-refractivity contribution in [1.82, 2.24) is 0 Å². The van der Waals surface area contributed by atoms with E-state index in [1.807, 2.05) is 0 Å². The van der Waals surface area contributed by atoms with E-state index in [1.165, 1.54) is 16.1 Å². The highest BCUT2D eigenvalue weighted by Crippen LogP contribution is 2.21. The monoisotopic (exact) mass is 291 g/mol. The molecule has 0 bridgehead atoms. The van der Waals surface area contributed by atoms with Crippen LogP contribution in [0.25, 0.3) is 16.1 Å². The molecule has 1 nitrogen and oxygen atoms in total. The van der Waals surface area contributed by atoms with Crippen molar-refractivity contribution in [2.45, 2.75) is 0 Å². The Kier molecular flexibility index (Phi) is 3.36. The number of rotatable bonds is 1. The lowest BCUT2D eigenvalue weighted by atomic mass is 10.2. The number of hydrogen-bond acceptors (Lipinski definition) is 1. The summed E-state index contributed by atoms with van der Waals surface area (Å²) in [5, 5.41) is 2.11. The quantitative estimate of drug-likeness (QED) is 0.563. The maximum Gasteiger partial charge on any atom is 0.228 e. The van der Waals surface area contributed by atoms with Crippen molar-refractivity contribution in [2.75, 3.05) is 0 Å². The maximum atomic E-state index is 2.21. The molecule has 0 amide bonds. The summed E-state index contributed by atoms with van der Waals surface area (Å²) in [7, 11) is 0. The van der Waals surface area contributed by atoms with Gasteiger partial charge in [0.2, 0.25) is 11.2 Å². The molecule has 0 spiro atoms. The van der Waals surface area contributed by atoms with Crippen LogP contribution in [0.4, 0.5) is 0 Å². The van der Waals surface area contributed by atoms with Crippen molar-refractivity contribution in [1.29, 1.82) is 0 Å². The van der Waals surface area contributed by atoms with Gasteiger partial charge in [-0.15, -0.1) is 11.3 Å². The topological polar surface area (TPSA) is 4.10 Å². The first-order valence-electron chi connectivity index (χ1n) is 4.88. The Morgan fingerprint density at radius 1 is 0.875 bits per heavy atom. The fraction of sp³-hybridized carbons (Fsp3) is 0. The van der Waals surface area contributed by atoms with Crippen molar-refractivity contribution in [2.24, 2.45) is 0 Å². The highest BCUT2D eigenvalue weighted by Gasteiger charge is 2.11. The molecule has 3 heterocycles. The van der Waals surface area contributed by atoms with Crippen molar-refractivity contribution in [3.05, 3.63) is 60.1 Å². The van der Waals surface area contributed by atoms with Gasteiger partial charge >= 0.3 is 0 Å². The van der Waals surface area contributed by atoms with E-state index < -0.39 is 0 Å². The van der Waals surface area contributed by atoms with Gasteiger partial charge in [-0.3, -0.25) is 0 Å². The molecule has 3 aromatic rings. The van der Waals surface area contributed by atoms with Gasteiger partial charge in [0.1, 0.15) is 0 Å². The molecule has 3 aromatic heterocycles. The first kappa shape index (κ1) is 11.3. The molecule has 0 N–H and O–H groups in total. The van der Waals surface area contributed by atoms with Crippen LogP contribution in [0.2, 0.25) is 0 Å². The van der Waals surface area contributed by atoms with Gasteiger partial charge in [-0.05, 0) is 23.6 Å². The number of halogens is 1. The summed E-state index contributed by atoms with van der Waals surface area (Å²) in [6, 6.07) is 16.9. The second kappa shape index (κ2) is 4.76. The Labute approximate surface area is 109 Å². The van der Waals surface area contributed by atoms with Crippen LogP contribution in [0.1, 0.15) is 0 Å². The summed E-state index contributed by atoms with van der Waals surface area (Å²) in [4.78, 5) is 1.30. The van der Waals surface area contributed by atoms with Gasteiger partial charge < -0.3 is 17.0 Å². The van der Waals surface area contributed by atoms with E-state index >= 15 is 0 Å². The molecule has 0 saturated carbocycles. The molecule has 0 aliphatic rings. The SMILES string of the molecule is [Br-].c1csc(-c2cccc3cccc[n+]23)c1. The normalized spacial score (nSPS) is 10.0. The number of thiophene rings is 1. The molecule has 0 aromatic carbocycles. The molecule has 3 heteroatoms. The molecular weight excluding hydrogens is 282 g/mol. The van der Waals surface area contributed by atoms with Crippen LogP contribution in [0.15, 0.2) is 60.1 Å². The Morgan fingerprint density at radius 2 is 1.75 bits per heavy atom. The van der Waals surface area contributed by atoms with E-state index in [9.17, 15) is 0 Å². The Balaban J connectivity index is 0.000000963. The van der Waals surface area contributed by atoms with Gasteiger partial charge in [0.05, 0.1) is 4.88 Å². The lowest BCUT2D eigenvalue weighted by Crippen LogP contribution is -3.00. The van der Waals surface area contributed by atoms with Crippen LogP contribution in [0.5, 0.6) is 0 Å². The summed E-state index contributed by atoms with van der Waals surface area (Å²) in [5.41, 5.74) is 2.48. The molecular formula is C13H10BrNS. The van der Waals surface area contributed by atoms with Gasteiger partial charge in [-0.1, -0.05) is 6.07 Å². The molecule has 0 radical (unpaired) electrons. The Bertz CT molecular complexity index is 584. The van der Waals surface area contributed by atoms with Gasteiger partial charge in [-0.25, -0.2) is 0 Å². The fourth-order valence-electron chi connectivity index (χ4n) is 1.75. The first-order valence-corrected chi connectivity index (χ1v) is 5.76. The number of aromatic nitrogens is 1. The summed E-state index contributed by atoms with van der Waals surface area (Å²) in [6.45, 7) is 0. The predicted molar refractivity (Wildman–Crippen MR) is 62.9 cm³/mol. The average molecular weight is 292 g/mol. The van der Waals surface area contributed by atoms with Crippen LogP contribution in [0.3, 0.4) is 0 Å². The maximum absolute atomic E-state index is 2.21. The van der Waals surface area contributed by atoms with E-state index in [4.69, 9.17) is 0 Å². The third-order valence-electron chi connectivity index (χ3n) is 2.45. The number of fused-ring (bicyclic) bond motifs is 1. The summed E-state index contributed by atoms with van der Waals surface area (Å²) >= 11 is 1.77. The molecule has 0 unspecified atom stereocenters. The average Bonchev–Trinajstić information content (AvgIpc) is 2.82. The zero-order valence-electron chi connectivity index (χ0n) is 8.51. The Morgan fingerprint density at radius 3 is 2.56 bits per heavy atom. The smallest absolute Gasteiger partial charge is 0.228 e. The molecule has 0 aliphatic carbocycles. The number of hydrogen-bond donors (Lipinski definition) is 0. The molecule has 80 valence electrons.